The van der Waals surface area contributed by atoms with Crippen LogP contribution in [0.2, 0.25) is 0 Å². The topological polar surface area (TPSA) is 38.0 Å². The highest BCUT2D eigenvalue weighted by molar-refractivity contribution is 8.07. The Balaban J connectivity index is 2.25. The molecule has 0 radical (unpaired) electrons. The van der Waals surface area contributed by atoms with Crippen LogP contribution in [0.15, 0.2) is 0 Å². The molecule has 0 aromatic carbocycles. The lowest BCUT2D eigenvalue weighted by Gasteiger charge is -2.27. The molecule has 1 aliphatic rings. The molecule has 4 heteroatoms. The highest BCUT2D eigenvalue weighted by Crippen LogP contribution is 2.30. The maximum absolute atomic E-state index is 5.25. The van der Waals surface area contributed by atoms with Crippen LogP contribution in [-0.4, -0.2) is 28.6 Å². The van der Waals surface area contributed by atoms with Crippen molar-refractivity contribution in [2.24, 2.45) is 5.84 Å². The van der Waals surface area contributed by atoms with Gasteiger partial charge in [0.05, 0.1) is 0 Å². The third-order valence-electron chi connectivity index (χ3n) is 1.64. The van der Waals surface area contributed by atoms with Crippen LogP contribution in [0.1, 0.15) is 6.92 Å². The Labute approximate surface area is 70.7 Å². The minimum atomic E-state index is 0.712. The lowest BCUT2D eigenvalue weighted by atomic mass is 10.3. The Kier molecular flexibility index (Phi) is 3.91. The minimum absolute atomic E-state index is 0.712. The van der Waals surface area contributed by atoms with Crippen molar-refractivity contribution in [2.45, 2.75) is 17.4 Å². The monoisotopic (exact) mass is 178 g/mol. The van der Waals surface area contributed by atoms with E-state index in [-0.39, 0.29) is 0 Å². The van der Waals surface area contributed by atoms with E-state index in [1.807, 2.05) is 23.5 Å². The Bertz CT molecular complexity index is 97.7. The molecule has 1 saturated heterocycles. The number of hydrogen-bond donors (Lipinski definition) is 2. The van der Waals surface area contributed by atoms with Crippen LogP contribution in [-0.2, 0) is 0 Å². The molecular formula is C6H14N2S2. The van der Waals surface area contributed by atoms with E-state index in [0.29, 0.717) is 5.25 Å². The molecule has 10 heavy (non-hydrogen) atoms. The van der Waals surface area contributed by atoms with E-state index in [1.165, 1.54) is 11.5 Å². The number of rotatable bonds is 2. The lowest BCUT2D eigenvalue weighted by molar-refractivity contribution is 0.688. The molecule has 1 aliphatic heterocycles. The van der Waals surface area contributed by atoms with E-state index in [9.17, 15) is 0 Å². The average molecular weight is 178 g/mol. The highest BCUT2D eigenvalue weighted by atomic mass is 32.2. The van der Waals surface area contributed by atoms with Crippen LogP contribution in [0.4, 0.5) is 0 Å². The normalized spacial score (nSPS) is 34.2. The summed E-state index contributed by atoms with van der Waals surface area (Å²) in [4.78, 5) is 0. The van der Waals surface area contributed by atoms with Gasteiger partial charge in [-0.05, 0) is 0 Å². The van der Waals surface area contributed by atoms with Crippen LogP contribution in [0, 0.1) is 0 Å². The maximum atomic E-state index is 5.25. The third kappa shape index (κ3) is 2.34. The standard InChI is InChI=1S/C6H14N2S2/c1-5-6(4-8-7)10-3-2-9-5/h5-6,8H,2-4,7H2,1H3. The van der Waals surface area contributed by atoms with Gasteiger partial charge in [-0.15, -0.1) is 0 Å². The van der Waals surface area contributed by atoms with Gasteiger partial charge in [-0.2, -0.15) is 23.5 Å². The van der Waals surface area contributed by atoms with Gasteiger partial charge in [-0.1, -0.05) is 6.92 Å². The molecule has 0 amide bonds. The zero-order valence-electron chi connectivity index (χ0n) is 6.17. The lowest BCUT2D eigenvalue weighted by Crippen LogP contribution is -2.37. The van der Waals surface area contributed by atoms with Crippen molar-refractivity contribution in [3.8, 4) is 0 Å². The van der Waals surface area contributed by atoms with Gasteiger partial charge in [0.1, 0.15) is 0 Å². The van der Waals surface area contributed by atoms with E-state index in [2.05, 4.69) is 12.3 Å². The van der Waals surface area contributed by atoms with Gasteiger partial charge >= 0.3 is 0 Å². The van der Waals surface area contributed by atoms with Crippen molar-refractivity contribution in [2.75, 3.05) is 18.1 Å². The molecule has 2 nitrogen and oxygen atoms in total. The Morgan fingerprint density at radius 1 is 1.50 bits per heavy atom. The van der Waals surface area contributed by atoms with Crippen LogP contribution >= 0.6 is 23.5 Å². The van der Waals surface area contributed by atoms with E-state index in [0.717, 1.165) is 11.8 Å². The fourth-order valence-electron chi connectivity index (χ4n) is 1.02. The van der Waals surface area contributed by atoms with Gasteiger partial charge in [-0.25, -0.2) is 0 Å². The number of nitrogens with one attached hydrogen (secondary N) is 1. The predicted octanol–water partition coefficient (Wildman–Crippen LogP) is 0.687. The summed E-state index contributed by atoms with van der Waals surface area (Å²) < 4.78 is 0. The van der Waals surface area contributed by atoms with E-state index < -0.39 is 0 Å². The molecule has 1 heterocycles. The number of nitrogens with two attached hydrogens (primary N) is 1. The largest absolute Gasteiger partial charge is 0.271 e. The van der Waals surface area contributed by atoms with Gasteiger partial charge in [-0.3, -0.25) is 11.3 Å². The first-order chi connectivity index (χ1) is 4.84. The van der Waals surface area contributed by atoms with E-state index >= 15 is 0 Å². The zero-order valence-corrected chi connectivity index (χ0v) is 7.80. The van der Waals surface area contributed by atoms with E-state index in [1.54, 1.807) is 0 Å². The van der Waals surface area contributed by atoms with Crippen molar-refractivity contribution >= 4 is 23.5 Å². The summed E-state index contributed by atoms with van der Waals surface area (Å²) in [6.45, 7) is 3.22. The van der Waals surface area contributed by atoms with Gasteiger partial charge in [0.25, 0.3) is 0 Å². The SMILES string of the molecule is CC1SCCSC1CNN. The van der Waals surface area contributed by atoms with Crippen molar-refractivity contribution < 1.29 is 0 Å². The number of hydrogen-bond acceptors (Lipinski definition) is 4. The third-order valence-corrected chi connectivity index (χ3v) is 4.81. The molecule has 2 atom stereocenters. The summed E-state index contributed by atoms with van der Waals surface area (Å²) in [6, 6.07) is 0. The Morgan fingerprint density at radius 3 is 2.80 bits per heavy atom. The van der Waals surface area contributed by atoms with Crippen molar-refractivity contribution in [1.82, 2.24) is 5.43 Å². The summed E-state index contributed by atoms with van der Waals surface area (Å²) in [5.74, 6) is 7.83. The summed E-state index contributed by atoms with van der Waals surface area (Å²) in [5.41, 5.74) is 2.73. The maximum Gasteiger partial charge on any atom is 0.0302 e. The van der Waals surface area contributed by atoms with Crippen LogP contribution < -0.4 is 11.3 Å². The molecule has 1 fully saturated rings. The first-order valence-corrected chi connectivity index (χ1v) is 5.61. The highest BCUT2D eigenvalue weighted by Gasteiger charge is 2.21. The minimum Gasteiger partial charge on any atom is -0.271 e. The second kappa shape index (κ2) is 4.49. The van der Waals surface area contributed by atoms with Gasteiger partial charge < -0.3 is 0 Å². The van der Waals surface area contributed by atoms with Crippen LogP contribution in [0.25, 0.3) is 0 Å². The molecule has 0 aliphatic carbocycles. The summed E-state index contributed by atoms with van der Waals surface area (Å²) in [5, 5.41) is 1.47. The number of hydrazine groups is 1. The van der Waals surface area contributed by atoms with Gasteiger partial charge in [0.15, 0.2) is 0 Å². The predicted molar refractivity (Wildman–Crippen MR) is 50.4 cm³/mol. The van der Waals surface area contributed by atoms with Crippen LogP contribution in [0.5, 0.6) is 0 Å². The second-order valence-corrected chi connectivity index (χ2v) is 5.23. The molecule has 0 spiro atoms. The fraction of sp³-hybridized carbons (Fsp3) is 1.00. The van der Waals surface area contributed by atoms with Crippen molar-refractivity contribution in [1.29, 1.82) is 0 Å². The van der Waals surface area contributed by atoms with Crippen molar-refractivity contribution in [3.05, 3.63) is 0 Å². The first kappa shape index (κ1) is 8.71. The molecule has 1 rings (SSSR count). The van der Waals surface area contributed by atoms with E-state index in [4.69, 9.17) is 5.84 Å². The molecule has 0 saturated carbocycles. The van der Waals surface area contributed by atoms with Crippen molar-refractivity contribution in [3.63, 3.8) is 0 Å². The molecule has 0 bridgehead atoms. The Morgan fingerprint density at radius 2 is 2.20 bits per heavy atom. The molecule has 0 aromatic heterocycles. The fourth-order valence-corrected chi connectivity index (χ4v) is 3.73. The molecule has 0 aromatic rings. The number of thioether (sulfide) groups is 2. The first-order valence-electron chi connectivity index (χ1n) is 3.51. The zero-order chi connectivity index (χ0) is 7.40. The smallest absolute Gasteiger partial charge is 0.0302 e. The van der Waals surface area contributed by atoms with Crippen LogP contribution in [0.3, 0.4) is 0 Å². The van der Waals surface area contributed by atoms with Gasteiger partial charge in [0, 0.05) is 28.6 Å². The molecular weight excluding hydrogens is 164 g/mol. The summed E-state index contributed by atoms with van der Waals surface area (Å²) in [6.07, 6.45) is 0. The molecule has 2 unspecified atom stereocenters. The average Bonchev–Trinajstić information content (AvgIpc) is 1.94. The Hall–Kier alpha value is 0.620. The molecule has 60 valence electrons. The second-order valence-electron chi connectivity index (χ2n) is 2.39. The quantitative estimate of drug-likeness (QED) is 0.482. The van der Waals surface area contributed by atoms with Gasteiger partial charge in [0.2, 0.25) is 0 Å². The summed E-state index contributed by atoms with van der Waals surface area (Å²) in [7, 11) is 0. The molecule has 3 N–H and O–H groups in total. The summed E-state index contributed by atoms with van der Waals surface area (Å²) >= 11 is 4.08.